The van der Waals surface area contributed by atoms with E-state index in [2.05, 4.69) is 16.0 Å². The maximum absolute atomic E-state index is 13.6. The first-order valence-electron chi connectivity index (χ1n) is 16.2. The minimum absolute atomic E-state index is 0.00617. The number of fused-ring (bicyclic) bond motifs is 9. The summed E-state index contributed by atoms with van der Waals surface area (Å²) in [6, 6.07) is 4.66. The van der Waals surface area contributed by atoms with Gasteiger partial charge in [-0.15, -0.1) is 0 Å². The van der Waals surface area contributed by atoms with E-state index in [0.717, 1.165) is 0 Å². The molecule has 3 aliphatic rings. The molecule has 0 aliphatic carbocycles. The van der Waals surface area contributed by atoms with Gasteiger partial charge in [0.15, 0.2) is 11.5 Å². The van der Waals surface area contributed by atoms with Crippen LogP contribution in [0.5, 0.6) is 23.0 Å². The number of primary amides is 1. The van der Waals surface area contributed by atoms with Crippen molar-refractivity contribution in [2.24, 2.45) is 23.1 Å². The van der Waals surface area contributed by atoms with Crippen molar-refractivity contribution in [1.82, 2.24) is 16.0 Å². The third kappa shape index (κ3) is 10.0. The summed E-state index contributed by atoms with van der Waals surface area (Å²) in [4.78, 5) is 51.9. The average molecular weight is 687 g/mol. The summed E-state index contributed by atoms with van der Waals surface area (Å²) < 4.78 is 18.0. The number of nitrogens with two attached hydrogens (primary N) is 3. The van der Waals surface area contributed by atoms with Gasteiger partial charge < -0.3 is 62.7 Å². The maximum atomic E-state index is 13.6. The molecule has 4 bridgehead atoms. The van der Waals surface area contributed by atoms with Crippen molar-refractivity contribution in [2.75, 3.05) is 13.1 Å². The smallest absolute Gasteiger partial charge is 0.246 e. The van der Waals surface area contributed by atoms with Gasteiger partial charge in [-0.2, -0.15) is 0 Å². The van der Waals surface area contributed by atoms with E-state index in [9.17, 15) is 34.5 Å². The lowest BCUT2D eigenvalue weighted by Crippen LogP contribution is -2.56. The van der Waals surface area contributed by atoms with Crippen LogP contribution in [0.25, 0.3) is 0 Å². The molecule has 16 heteroatoms. The highest BCUT2D eigenvalue weighted by molar-refractivity contribution is 5.95. The van der Waals surface area contributed by atoms with Gasteiger partial charge in [-0.1, -0.05) is 26.0 Å². The fourth-order valence-electron chi connectivity index (χ4n) is 5.54. The lowest BCUT2D eigenvalue weighted by molar-refractivity contribution is -0.173. The van der Waals surface area contributed by atoms with E-state index in [1.165, 1.54) is 36.4 Å². The van der Waals surface area contributed by atoms with Crippen molar-refractivity contribution in [3.05, 3.63) is 47.5 Å². The highest BCUT2D eigenvalue weighted by Crippen LogP contribution is 2.43. The molecular weight excluding hydrogens is 640 g/mol. The zero-order valence-electron chi connectivity index (χ0n) is 27.5. The van der Waals surface area contributed by atoms with Gasteiger partial charge in [0.1, 0.15) is 23.9 Å². The lowest BCUT2D eigenvalue weighted by atomic mass is 9.99. The third-order valence-electron chi connectivity index (χ3n) is 8.22. The summed E-state index contributed by atoms with van der Waals surface area (Å²) in [5.41, 5.74) is 17.7. The number of carbonyl (C=O) groups excluding carboxylic acids is 4. The third-order valence-corrected chi connectivity index (χ3v) is 8.22. The van der Waals surface area contributed by atoms with Gasteiger partial charge in [-0.3, -0.25) is 19.2 Å². The number of ether oxygens (including phenoxy) is 3. The maximum Gasteiger partial charge on any atom is 0.246 e. The second kappa shape index (κ2) is 16.8. The van der Waals surface area contributed by atoms with Crippen molar-refractivity contribution in [3.63, 3.8) is 0 Å². The van der Waals surface area contributed by atoms with Gasteiger partial charge in [0, 0.05) is 32.4 Å². The van der Waals surface area contributed by atoms with Crippen LogP contribution in [-0.4, -0.2) is 82.6 Å². The molecule has 0 saturated carbocycles. The van der Waals surface area contributed by atoms with Crippen LogP contribution in [0.15, 0.2) is 36.4 Å². The largest absolute Gasteiger partial charge is 0.504 e. The number of nitrogens with one attached hydrogen (secondary N) is 3. The van der Waals surface area contributed by atoms with Crippen LogP contribution in [0.2, 0.25) is 0 Å². The van der Waals surface area contributed by atoms with Crippen LogP contribution in [0.3, 0.4) is 0 Å². The first kappa shape index (κ1) is 37.3. The molecule has 7 unspecified atom stereocenters. The molecular formula is C33H46N6O10. The van der Waals surface area contributed by atoms with Crippen molar-refractivity contribution in [1.29, 1.82) is 0 Å². The average Bonchev–Trinajstić information content (AvgIpc) is 3.05. The molecule has 0 aromatic heterocycles. The van der Waals surface area contributed by atoms with Crippen molar-refractivity contribution in [3.8, 4) is 23.0 Å². The summed E-state index contributed by atoms with van der Waals surface area (Å²) in [5.74, 6) is -3.31. The van der Waals surface area contributed by atoms with Crippen LogP contribution < -0.4 is 42.6 Å². The van der Waals surface area contributed by atoms with Crippen LogP contribution in [0, 0.1) is 5.92 Å². The number of hydrogen-bond acceptors (Lipinski definition) is 12. The number of carbonyl (C=O) groups is 4. The fraction of sp³-hybridized carbons (Fsp3) is 0.515. The molecule has 7 atom stereocenters. The highest BCUT2D eigenvalue weighted by Gasteiger charge is 2.35. The normalized spacial score (nSPS) is 26.0. The Morgan fingerprint density at radius 1 is 1.00 bits per heavy atom. The summed E-state index contributed by atoms with van der Waals surface area (Å²) >= 11 is 0. The van der Waals surface area contributed by atoms with Gasteiger partial charge >= 0.3 is 0 Å². The molecule has 49 heavy (non-hydrogen) atoms. The standard InChI is InChI=1S/C33H46N6O10/c1-16(2)3-8-27(43)39-29-30(44)17-4-6-20(7-5-17)47-25-10-18(23(15-35)38-32(45)22(13-26(36)42)37-33(29)46)9-24(41)31(25)49-28-12-19(40)11-21(14-34)48-28/h4-7,9-10,16,19,21-23,28-30,40-41,44H,3,8,11-15,34-35H2,1-2H3,(H2,36,42)(H,37,46)(H,38,45)(H,39,43). The Bertz CT molecular complexity index is 1490. The Kier molecular flexibility index (Phi) is 12.8. The minimum Gasteiger partial charge on any atom is -0.504 e. The molecule has 3 aliphatic heterocycles. The summed E-state index contributed by atoms with van der Waals surface area (Å²) in [5, 5.41) is 40.5. The van der Waals surface area contributed by atoms with E-state index in [1.54, 1.807) is 0 Å². The minimum atomic E-state index is -1.59. The number of benzene rings is 2. The number of aliphatic hydroxyl groups is 2. The Balaban J connectivity index is 1.77. The summed E-state index contributed by atoms with van der Waals surface area (Å²) in [6.07, 6.45) is -3.41. The van der Waals surface area contributed by atoms with Gasteiger partial charge in [0.2, 0.25) is 35.7 Å². The monoisotopic (exact) mass is 686 g/mol. The SMILES string of the molecule is CC(C)CCC(=O)NC1C(=O)NC(CC(N)=O)C(=O)NC(CN)c2cc(O)c(OC3CC(O)CC(CN)O3)c(c2)Oc2ccc(cc2)C1O. The lowest BCUT2D eigenvalue weighted by Gasteiger charge is -2.33. The number of phenols is 1. The zero-order valence-corrected chi connectivity index (χ0v) is 27.5. The quantitative estimate of drug-likeness (QED) is 0.158. The molecule has 2 aromatic carbocycles. The first-order valence-corrected chi connectivity index (χ1v) is 16.2. The number of hydrogen-bond donors (Lipinski definition) is 9. The molecule has 3 heterocycles. The summed E-state index contributed by atoms with van der Waals surface area (Å²) in [7, 11) is 0. The Labute approximate surface area is 283 Å². The zero-order chi connectivity index (χ0) is 35.8. The molecule has 1 saturated heterocycles. The van der Waals surface area contributed by atoms with Gasteiger partial charge in [0.25, 0.3) is 0 Å². The van der Waals surface area contributed by atoms with E-state index < -0.39 is 78.5 Å². The van der Waals surface area contributed by atoms with E-state index >= 15 is 0 Å². The number of phenolic OH excluding ortho intramolecular Hbond substituents is 1. The number of aliphatic hydroxyl groups excluding tert-OH is 2. The molecule has 16 nitrogen and oxygen atoms in total. The van der Waals surface area contributed by atoms with Crippen molar-refractivity contribution in [2.45, 2.75) is 88.7 Å². The number of amides is 4. The van der Waals surface area contributed by atoms with Crippen LogP contribution in [0.1, 0.15) is 69.2 Å². The van der Waals surface area contributed by atoms with E-state index in [-0.39, 0.29) is 60.2 Å². The number of rotatable bonds is 10. The molecule has 0 spiro atoms. The second-order valence-electron chi connectivity index (χ2n) is 12.7. The van der Waals surface area contributed by atoms with E-state index in [1.807, 2.05) is 13.8 Å². The first-order chi connectivity index (χ1) is 23.3. The molecule has 5 rings (SSSR count). The molecule has 4 amide bonds. The number of aromatic hydroxyl groups is 1. The van der Waals surface area contributed by atoms with Gasteiger partial charge in [-0.25, -0.2) is 0 Å². The predicted octanol–water partition coefficient (Wildman–Crippen LogP) is -0.168. The second-order valence-corrected chi connectivity index (χ2v) is 12.7. The molecule has 2 aromatic rings. The Hall–Kier alpha value is -4.48. The van der Waals surface area contributed by atoms with Crippen molar-refractivity contribution < 1.29 is 48.7 Å². The topological polar surface area (TPSA) is 271 Å². The van der Waals surface area contributed by atoms with Crippen molar-refractivity contribution >= 4 is 23.6 Å². The summed E-state index contributed by atoms with van der Waals surface area (Å²) in [6.45, 7) is 3.82. The van der Waals surface area contributed by atoms with Gasteiger partial charge in [-0.05, 0) is 47.7 Å². The molecule has 1 fully saturated rings. The Morgan fingerprint density at radius 3 is 2.33 bits per heavy atom. The van der Waals surface area contributed by atoms with Gasteiger partial charge in [0.05, 0.1) is 24.7 Å². The Morgan fingerprint density at radius 2 is 1.69 bits per heavy atom. The van der Waals surface area contributed by atoms with Crippen LogP contribution >= 0.6 is 0 Å². The highest BCUT2D eigenvalue weighted by atomic mass is 16.7. The fourth-order valence-corrected chi connectivity index (χ4v) is 5.54. The van der Waals surface area contributed by atoms with E-state index in [0.29, 0.717) is 12.8 Å². The van der Waals surface area contributed by atoms with Crippen LogP contribution in [0.4, 0.5) is 0 Å². The van der Waals surface area contributed by atoms with E-state index in [4.69, 9.17) is 31.4 Å². The van der Waals surface area contributed by atoms with Crippen LogP contribution in [-0.2, 0) is 23.9 Å². The molecule has 0 radical (unpaired) electrons. The predicted molar refractivity (Wildman–Crippen MR) is 175 cm³/mol. The molecule has 268 valence electrons. The molecule has 12 N–H and O–H groups in total.